The molecule has 0 aromatic carbocycles. The summed E-state index contributed by atoms with van der Waals surface area (Å²) in [4.78, 5) is 18.1. The van der Waals surface area contributed by atoms with Crippen molar-refractivity contribution in [2.45, 2.75) is 27.3 Å². The Morgan fingerprint density at radius 3 is 2.73 bits per heavy atom. The second-order valence-electron chi connectivity index (χ2n) is 6.06. The minimum atomic E-state index is 0.665. The Morgan fingerprint density at radius 1 is 1.18 bits per heavy atom. The Kier molecular flexibility index (Phi) is 3.14. The number of hydrogen-bond acceptors (Lipinski definition) is 5. The Labute approximate surface area is 133 Å². The van der Waals surface area contributed by atoms with Gasteiger partial charge < -0.3 is 9.47 Å². The Balaban J connectivity index is 1.55. The van der Waals surface area contributed by atoms with Gasteiger partial charge in [0.15, 0.2) is 0 Å². The molecule has 4 rings (SSSR count). The third kappa shape index (κ3) is 2.09. The minimum Gasteiger partial charge on any atom is -0.355 e. The number of hydrogen-bond donors (Lipinski definition) is 0. The molecule has 3 aromatic heterocycles. The van der Waals surface area contributed by atoms with Crippen molar-refractivity contribution in [1.82, 2.24) is 19.5 Å². The van der Waals surface area contributed by atoms with E-state index in [4.69, 9.17) is 0 Å². The van der Waals surface area contributed by atoms with Gasteiger partial charge in [-0.05, 0) is 26.3 Å². The monoisotopic (exact) mass is 313 g/mol. The molecule has 0 atom stereocenters. The van der Waals surface area contributed by atoms with Gasteiger partial charge in [0.25, 0.3) is 0 Å². The molecule has 0 spiro atoms. The SMILES string of the molecule is Cc1sc2ncnc(N3CC(Cn4ccnc4C)C3)c2c1C. The average Bonchev–Trinajstić information content (AvgIpc) is 2.98. The van der Waals surface area contributed by atoms with Gasteiger partial charge in [0.05, 0.1) is 5.39 Å². The number of anilines is 1. The summed E-state index contributed by atoms with van der Waals surface area (Å²) in [6.07, 6.45) is 5.63. The van der Waals surface area contributed by atoms with Crippen molar-refractivity contribution in [3.63, 3.8) is 0 Å². The molecule has 1 aliphatic rings. The predicted molar refractivity (Wildman–Crippen MR) is 89.6 cm³/mol. The number of nitrogens with zero attached hydrogens (tertiary/aromatic N) is 5. The van der Waals surface area contributed by atoms with Crippen molar-refractivity contribution in [3.05, 3.63) is 35.0 Å². The highest BCUT2D eigenvalue weighted by atomic mass is 32.1. The molecule has 0 bridgehead atoms. The van der Waals surface area contributed by atoms with E-state index in [1.165, 1.54) is 15.8 Å². The van der Waals surface area contributed by atoms with Crippen LogP contribution >= 0.6 is 11.3 Å². The molecule has 6 heteroatoms. The molecule has 4 heterocycles. The van der Waals surface area contributed by atoms with Gasteiger partial charge in [-0.3, -0.25) is 0 Å². The highest BCUT2D eigenvalue weighted by molar-refractivity contribution is 7.18. The van der Waals surface area contributed by atoms with E-state index in [2.05, 4.69) is 51.4 Å². The van der Waals surface area contributed by atoms with E-state index in [9.17, 15) is 0 Å². The molecule has 1 saturated heterocycles. The van der Waals surface area contributed by atoms with Crippen LogP contribution in [0.4, 0.5) is 5.82 Å². The van der Waals surface area contributed by atoms with Gasteiger partial charge in [-0.1, -0.05) is 0 Å². The van der Waals surface area contributed by atoms with Gasteiger partial charge in [0, 0.05) is 42.8 Å². The summed E-state index contributed by atoms with van der Waals surface area (Å²) in [5, 5.41) is 1.24. The molecule has 0 N–H and O–H groups in total. The summed E-state index contributed by atoms with van der Waals surface area (Å²) >= 11 is 1.76. The van der Waals surface area contributed by atoms with Gasteiger partial charge in [0.2, 0.25) is 0 Å². The van der Waals surface area contributed by atoms with Gasteiger partial charge in [0.1, 0.15) is 22.8 Å². The molecular weight excluding hydrogens is 294 g/mol. The van der Waals surface area contributed by atoms with E-state index in [1.807, 2.05) is 6.20 Å². The van der Waals surface area contributed by atoms with Crippen molar-refractivity contribution in [2.24, 2.45) is 5.92 Å². The molecule has 5 nitrogen and oxygen atoms in total. The maximum Gasteiger partial charge on any atom is 0.141 e. The molecule has 0 aliphatic carbocycles. The Hall–Kier alpha value is -1.95. The molecule has 114 valence electrons. The number of aromatic nitrogens is 4. The van der Waals surface area contributed by atoms with Crippen LogP contribution in [0.3, 0.4) is 0 Å². The van der Waals surface area contributed by atoms with E-state index < -0.39 is 0 Å². The van der Waals surface area contributed by atoms with Crippen molar-refractivity contribution >= 4 is 27.4 Å². The fourth-order valence-electron chi connectivity index (χ4n) is 3.14. The second kappa shape index (κ2) is 5.05. The quantitative estimate of drug-likeness (QED) is 0.746. The van der Waals surface area contributed by atoms with Crippen LogP contribution in [0.15, 0.2) is 18.7 Å². The van der Waals surface area contributed by atoms with E-state index >= 15 is 0 Å². The topological polar surface area (TPSA) is 46.8 Å². The van der Waals surface area contributed by atoms with Crippen LogP contribution in [0, 0.1) is 26.7 Å². The molecular formula is C16H19N5S. The number of rotatable bonds is 3. The summed E-state index contributed by atoms with van der Waals surface area (Å²) in [6, 6.07) is 0. The first-order valence-electron chi connectivity index (χ1n) is 7.57. The third-order valence-electron chi connectivity index (χ3n) is 4.58. The van der Waals surface area contributed by atoms with E-state index in [0.29, 0.717) is 5.92 Å². The number of thiophene rings is 1. The van der Waals surface area contributed by atoms with Crippen LogP contribution in [0.1, 0.15) is 16.3 Å². The van der Waals surface area contributed by atoms with Crippen LogP contribution in [0.5, 0.6) is 0 Å². The average molecular weight is 313 g/mol. The summed E-state index contributed by atoms with van der Waals surface area (Å²) in [5.74, 6) is 2.86. The largest absolute Gasteiger partial charge is 0.355 e. The molecule has 0 unspecified atom stereocenters. The fraction of sp³-hybridized carbons (Fsp3) is 0.438. The normalized spacial score (nSPS) is 15.5. The van der Waals surface area contributed by atoms with Crippen LogP contribution < -0.4 is 4.90 Å². The maximum atomic E-state index is 4.55. The van der Waals surface area contributed by atoms with Gasteiger partial charge in [-0.2, -0.15) is 0 Å². The molecule has 0 saturated carbocycles. The Bertz CT molecular complexity index is 828. The number of fused-ring (bicyclic) bond motifs is 1. The standard InChI is InChI=1S/C16H19N5S/c1-10-11(2)22-16-14(10)15(18-9-19-16)21-7-13(8-21)6-20-5-4-17-12(20)3/h4-5,9,13H,6-8H2,1-3H3. The van der Waals surface area contributed by atoms with Crippen molar-refractivity contribution in [2.75, 3.05) is 18.0 Å². The minimum absolute atomic E-state index is 0.665. The highest BCUT2D eigenvalue weighted by Crippen LogP contribution is 2.36. The second-order valence-corrected chi connectivity index (χ2v) is 7.26. The first-order chi connectivity index (χ1) is 10.6. The smallest absolute Gasteiger partial charge is 0.141 e. The van der Waals surface area contributed by atoms with Crippen LogP contribution in [0.2, 0.25) is 0 Å². The lowest BCUT2D eigenvalue weighted by Crippen LogP contribution is -2.49. The van der Waals surface area contributed by atoms with Crippen LogP contribution in [-0.2, 0) is 6.54 Å². The van der Waals surface area contributed by atoms with Crippen molar-refractivity contribution < 1.29 is 0 Å². The van der Waals surface area contributed by atoms with Gasteiger partial charge in [-0.15, -0.1) is 11.3 Å². The maximum absolute atomic E-state index is 4.55. The molecule has 3 aromatic rings. The lowest BCUT2D eigenvalue weighted by molar-refractivity contribution is 0.353. The lowest BCUT2D eigenvalue weighted by atomic mass is 9.99. The zero-order chi connectivity index (χ0) is 15.3. The highest BCUT2D eigenvalue weighted by Gasteiger charge is 2.30. The molecule has 1 aliphatic heterocycles. The van der Waals surface area contributed by atoms with Crippen LogP contribution in [-0.4, -0.2) is 32.6 Å². The predicted octanol–water partition coefficient (Wildman–Crippen LogP) is 2.95. The summed E-state index contributed by atoms with van der Waals surface area (Å²) in [6.45, 7) is 9.54. The molecule has 22 heavy (non-hydrogen) atoms. The Morgan fingerprint density at radius 2 is 2.00 bits per heavy atom. The molecule has 0 radical (unpaired) electrons. The van der Waals surface area contributed by atoms with E-state index in [0.717, 1.165) is 36.1 Å². The lowest BCUT2D eigenvalue weighted by Gasteiger charge is -2.40. The third-order valence-corrected chi connectivity index (χ3v) is 5.70. The van der Waals surface area contributed by atoms with Crippen molar-refractivity contribution in [1.29, 1.82) is 0 Å². The first kappa shape index (κ1) is 13.7. The first-order valence-corrected chi connectivity index (χ1v) is 8.38. The van der Waals surface area contributed by atoms with E-state index in [-0.39, 0.29) is 0 Å². The number of aryl methyl sites for hydroxylation is 3. The van der Waals surface area contributed by atoms with Gasteiger partial charge >= 0.3 is 0 Å². The summed E-state index contributed by atoms with van der Waals surface area (Å²) in [7, 11) is 0. The fourth-order valence-corrected chi connectivity index (χ4v) is 4.13. The zero-order valence-electron chi connectivity index (χ0n) is 13.1. The number of imidazole rings is 1. The van der Waals surface area contributed by atoms with E-state index in [1.54, 1.807) is 17.7 Å². The molecule has 0 amide bonds. The summed E-state index contributed by atoms with van der Waals surface area (Å²) < 4.78 is 2.23. The van der Waals surface area contributed by atoms with Crippen molar-refractivity contribution in [3.8, 4) is 0 Å². The van der Waals surface area contributed by atoms with Crippen LogP contribution in [0.25, 0.3) is 10.2 Å². The molecule has 1 fully saturated rings. The summed E-state index contributed by atoms with van der Waals surface area (Å²) in [5.41, 5.74) is 1.32. The zero-order valence-corrected chi connectivity index (χ0v) is 13.9. The van der Waals surface area contributed by atoms with Gasteiger partial charge in [-0.25, -0.2) is 15.0 Å².